The molecular formula is C26H46O3. The average molecular weight is 407 g/mol. The summed E-state index contributed by atoms with van der Waals surface area (Å²) in [6.45, 7) is 6.85. The third-order valence-corrected chi connectivity index (χ3v) is 10.3. The molecule has 4 rings (SSSR count). The van der Waals surface area contributed by atoms with Gasteiger partial charge in [-0.05, 0) is 106 Å². The van der Waals surface area contributed by atoms with Crippen molar-refractivity contribution in [3.05, 3.63) is 0 Å². The minimum absolute atomic E-state index is 0.199. The maximum Gasteiger partial charge on any atom is 0.0653 e. The molecule has 4 fully saturated rings. The van der Waals surface area contributed by atoms with E-state index in [4.69, 9.17) is 0 Å². The number of fused-ring (bicyclic) bond motifs is 5. The van der Waals surface area contributed by atoms with Crippen molar-refractivity contribution in [2.24, 2.45) is 40.9 Å². The molecule has 0 aromatic rings. The predicted molar refractivity (Wildman–Crippen MR) is 117 cm³/mol. The first-order chi connectivity index (χ1) is 13.8. The molecule has 3 heteroatoms. The van der Waals surface area contributed by atoms with Crippen molar-refractivity contribution in [3.63, 3.8) is 0 Å². The summed E-state index contributed by atoms with van der Waals surface area (Å²) < 4.78 is 0. The highest BCUT2D eigenvalue weighted by atomic mass is 16.3. The summed E-state index contributed by atoms with van der Waals surface area (Å²) in [5, 5.41) is 32.6. The van der Waals surface area contributed by atoms with Crippen LogP contribution >= 0.6 is 0 Å². The molecule has 4 aliphatic carbocycles. The van der Waals surface area contributed by atoms with Crippen LogP contribution in [0.2, 0.25) is 0 Å². The summed E-state index contributed by atoms with van der Waals surface area (Å²) in [7, 11) is 0. The fraction of sp³-hybridized carbons (Fsp3) is 1.00. The molecule has 4 aliphatic rings. The first kappa shape index (κ1) is 22.1. The van der Waals surface area contributed by atoms with Crippen LogP contribution in [-0.4, -0.2) is 33.1 Å². The molecule has 3 N–H and O–H groups in total. The van der Waals surface area contributed by atoms with Crippen LogP contribution < -0.4 is 0 Å². The molecule has 0 aromatic heterocycles. The molecule has 168 valence electrons. The third kappa shape index (κ3) is 3.94. The van der Waals surface area contributed by atoms with Gasteiger partial charge in [-0.3, -0.25) is 0 Å². The summed E-state index contributed by atoms with van der Waals surface area (Å²) in [5.74, 6) is 3.37. The molecule has 4 saturated carbocycles. The van der Waals surface area contributed by atoms with Crippen LogP contribution in [0.3, 0.4) is 0 Å². The van der Waals surface area contributed by atoms with E-state index in [2.05, 4.69) is 20.8 Å². The van der Waals surface area contributed by atoms with Crippen molar-refractivity contribution in [1.29, 1.82) is 0 Å². The largest absolute Gasteiger partial charge is 0.393 e. The van der Waals surface area contributed by atoms with Crippen LogP contribution in [0.1, 0.15) is 104 Å². The van der Waals surface area contributed by atoms with Gasteiger partial charge in [-0.25, -0.2) is 0 Å². The van der Waals surface area contributed by atoms with E-state index in [1.807, 2.05) is 0 Å². The molecular weight excluding hydrogens is 360 g/mol. The van der Waals surface area contributed by atoms with Crippen molar-refractivity contribution < 1.29 is 15.3 Å². The molecule has 0 heterocycles. The van der Waals surface area contributed by atoms with Crippen LogP contribution in [-0.2, 0) is 0 Å². The van der Waals surface area contributed by atoms with E-state index in [0.29, 0.717) is 29.6 Å². The Labute approximate surface area is 178 Å². The van der Waals surface area contributed by atoms with E-state index in [1.54, 1.807) is 0 Å². The average Bonchev–Trinajstić information content (AvgIpc) is 3.04. The Morgan fingerprint density at radius 2 is 1.62 bits per heavy atom. The maximum atomic E-state index is 11.5. The van der Waals surface area contributed by atoms with Crippen LogP contribution in [0.5, 0.6) is 0 Å². The van der Waals surface area contributed by atoms with Crippen LogP contribution in [0.25, 0.3) is 0 Å². The van der Waals surface area contributed by atoms with Crippen LogP contribution in [0, 0.1) is 40.9 Å². The Morgan fingerprint density at radius 1 is 0.862 bits per heavy atom. The van der Waals surface area contributed by atoms with E-state index in [0.717, 1.165) is 50.9 Å². The number of rotatable bonds is 6. The maximum absolute atomic E-state index is 11.5. The van der Waals surface area contributed by atoms with Gasteiger partial charge in [0.05, 0.1) is 17.8 Å². The predicted octanol–water partition coefficient (Wildman–Crippen LogP) is 5.31. The third-order valence-electron chi connectivity index (χ3n) is 10.3. The van der Waals surface area contributed by atoms with Gasteiger partial charge >= 0.3 is 0 Å². The first-order valence-electron chi connectivity index (χ1n) is 12.9. The van der Waals surface area contributed by atoms with Gasteiger partial charge in [0, 0.05) is 0 Å². The number of hydrogen-bond donors (Lipinski definition) is 3. The molecule has 0 aliphatic heterocycles. The monoisotopic (exact) mass is 406 g/mol. The fourth-order valence-electron chi connectivity index (χ4n) is 8.93. The second kappa shape index (κ2) is 8.43. The molecule has 10 atom stereocenters. The summed E-state index contributed by atoms with van der Waals surface area (Å²) >= 11 is 0. The van der Waals surface area contributed by atoms with Crippen molar-refractivity contribution in [1.82, 2.24) is 0 Å². The standard InChI is InChI=1S/C26H46O3/c1-4-5-6-7-13-26(3,29)24-11-10-22-20-16-23(28)21-15-17(27)8-9-18(21)19(20)12-14-25(22,24)2/h17-24,27-29H,4-16H2,1-3H3/t17?,18?,19-,20?,21?,22?,23+,24?,25?,26+/m1/s1. The molecule has 0 bridgehead atoms. The van der Waals surface area contributed by atoms with E-state index in [1.165, 1.54) is 38.5 Å². The number of aliphatic hydroxyl groups excluding tert-OH is 2. The van der Waals surface area contributed by atoms with Gasteiger partial charge in [-0.15, -0.1) is 0 Å². The summed E-state index contributed by atoms with van der Waals surface area (Å²) in [6.07, 6.45) is 14.1. The molecule has 0 aromatic carbocycles. The van der Waals surface area contributed by atoms with Crippen LogP contribution in [0.4, 0.5) is 0 Å². The van der Waals surface area contributed by atoms with E-state index in [9.17, 15) is 15.3 Å². The van der Waals surface area contributed by atoms with Gasteiger partial charge in [0.1, 0.15) is 0 Å². The number of unbranched alkanes of at least 4 members (excludes halogenated alkanes) is 3. The lowest BCUT2D eigenvalue weighted by atomic mass is 9.48. The highest BCUT2D eigenvalue weighted by Crippen LogP contribution is 2.66. The van der Waals surface area contributed by atoms with Gasteiger partial charge in [0.2, 0.25) is 0 Å². The SMILES string of the molecule is CCCCCC[C@](C)(O)C1CCC2C3C[C@H](O)C4CC(O)CCC4[C@H]3CCC21C. The van der Waals surface area contributed by atoms with Gasteiger partial charge in [-0.1, -0.05) is 39.5 Å². The molecule has 7 unspecified atom stereocenters. The van der Waals surface area contributed by atoms with Crippen LogP contribution in [0.15, 0.2) is 0 Å². The van der Waals surface area contributed by atoms with E-state index in [-0.39, 0.29) is 17.6 Å². The van der Waals surface area contributed by atoms with Crippen molar-refractivity contribution >= 4 is 0 Å². The normalized spacial score (nSPS) is 49.0. The molecule has 0 spiro atoms. The summed E-state index contributed by atoms with van der Waals surface area (Å²) in [4.78, 5) is 0. The molecule has 0 radical (unpaired) electrons. The highest BCUT2D eigenvalue weighted by Gasteiger charge is 2.61. The topological polar surface area (TPSA) is 60.7 Å². The molecule has 0 saturated heterocycles. The minimum atomic E-state index is -0.547. The zero-order chi connectivity index (χ0) is 20.8. The lowest BCUT2D eigenvalue weighted by Crippen LogP contribution is -2.55. The second-order valence-corrected chi connectivity index (χ2v) is 11.9. The van der Waals surface area contributed by atoms with E-state index < -0.39 is 5.60 Å². The zero-order valence-corrected chi connectivity index (χ0v) is 19.2. The Balaban J connectivity index is 1.48. The lowest BCUT2D eigenvalue weighted by molar-refractivity contribution is -0.143. The van der Waals surface area contributed by atoms with Crippen molar-refractivity contribution in [2.45, 2.75) is 122 Å². The van der Waals surface area contributed by atoms with Gasteiger partial charge in [0.25, 0.3) is 0 Å². The summed E-state index contributed by atoms with van der Waals surface area (Å²) in [5.41, 5.74) is -0.314. The van der Waals surface area contributed by atoms with Crippen molar-refractivity contribution in [2.75, 3.05) is 0 Å². The number of hydrogen-bond acceptors (Lipinski definition) is 3. The smallest absolute Gasteiger partial charge is 0.0653 e. The lowest BCUT2D eigenvalue weighted by Gasteiger charge is -2.58. The number of aliphatic hydroxyl groups is 3. The summed E-state index contributed by atoms with van der Waals surface area (Å²) in [6, 6.07) is 0. The molecule has 3 nitrogen and oxygen atoms in total. The second-order valence-electron chi connectivity index (χ2n) is 11.9. The Hall–Kier alpha value is -0.120. The highest BCUT2D eigenvalue weighted by molar-refractivity contribution is 5.10. The van der Waals surface area contributed by atoms with Gasteiger partial charge in [-0.2, -0.15) is 0 Å². The Morgan fingerprint density at radius 3 is 2.38 bits per heavy atom. The zero-order valence-electron chi connectivity index (χ0n) is 19.2. The molecule has 0 amide bonds. The Kier molecular flexibility index (Phi) is 6.42. The van der Waals surface area contributed by atoms with Gasteiger partial charge < -0.3 is 15.3 Å². The minimum Gasteiger partial charge on any atom is -0.393 e. The van der Waals surface area contributed by atoms with Crippen molar-refractivity contribution in [3.8, 4) is 0 Å². The van der Waals surface area contributed by atoms with Gasteiger partial charge in [0.15, 0.2) is 0 Å². The fourth-order valence-corrected chi connectivity index (χ4v) is 8.93. The molecule has 29 heavy (non-hydrogen) atoms. The Bertz CT molecular complexity index is 560. The first-order valence-corrected chi connectivity index (χ1v) is 12.9. The van der Waals surface area contributed by atoms with E-state index >= 15 is 0 Å². The quantitative estimate of drug-likeness (QED) is 0.524.